The highest BCUT2D eigenvalue weighted by Crippen LogP contribution is 2.09. The van der Waals surface area contributed by atoms with Gasteiger partial charge in [0.2, 0.25) is 0 Å². The minimum Gasteiger partial charge on any atom is -0.442 e. The second kappa shape index (κ2) is 6.63. The number of rotatable bonds is 5. The summed E-state index contributed by atoms with van der Waals surface area (Å²) in [7, 11) is 3.15. The van der Waals surface area contributed by atoms with E-state index in [1.165, 1.54) is 7.05 Å². The lowest BCUT2D eigenvalue weighted by atomic mass is 10.2. The fourth-order valence-electron chi connectivity index (χ4n) is 0.784. The SMILES string of the molecule is COCCCON(C)C(=O)OC(C)(C)C. The van der Waals surface area contributed by atoms with Crippen LogP contribution in [0.4, 0.5) is 4.79 Å². The number of carbonyl (C=O) groups is 1. The Morgan fingerprint density at radius 3 is 2.33 bits per heavy atom. The molecule has 5 nitrogen and oxygen atoms in total. The van der Waals surface area contributed by atoms with E-state index in [4.69, 9.17) is 14.3 Å². The van der Waals surface area contributed by atoms with Crippen LogP contribution in [-0.2, 0) is 14.3 Å². The van der Waals surface area contributed by atoms with E-state index in [1.54, 1.807) is 7.11 Å². The molecule has 15 heavy (non-hydrogen) atoms. The molecule has 5 heteroatoms. The summed E-state index contributed by atoms with van der Waals surface area (Å²) in [5.41, 5.74) is -0.499. The Labute approximate surface area is 91.2 Å². The van der Waals surface area contributed by atoms with Crippen LogP contribution in [0.15, 0.2) is 0 Å². The van der Waals surface area contributed by atoms with Crippen molar-refractivity contribution in [2.75, 3.05) is 27.4 Å². The maximum Gasteiger partial charge on any atom is 0.434 e. The van der Waals surface area contributed by atoms with Gasteiger partial charge in [-0.3, -0.25) is 4.84 Å². The summed E-state index contributed by atoms with van der Waals surface area (Å²) in [5, 5.41) is 1.10. The van der Waals surface area contributed by atoms with Crippen molar-refractivity contribution in [1.29, 1.82) is 0 Å². The van der Waals surface area contributed by atoms with Gasteiger partial charge in [-0.1, -0.05) is 0 Å². The van der Waals surface area contributed by atoms with Gasteiger partial charge in [0.1, 0.15) is 5.60 Å². The molecule has 0 rings (SSSR count). The number of carbonyl (C=O) groups excluding carboxylic acids is 1. The zero-order valence-electron chi connectivity index (χ0n) is 10.2. The zero-order valence-corrected chi connectivity index (χ0v) is 10.2. The van der Waals surface area contributed by atoms with Crippen LogP contribution in [0, 0.1) is 0 Å². The summed E-state index contributed by atoms with van der Waals surface area (Å²) in [5.74, 6) is 0. The smallest absolute Gasteiger partial charge is 0.434 e. The van der Waals surface area contributed by atoms with Gasteiger partial charge in [-0.05, 0) is 27.2 Å². The predicted octanol–water partition coefficient (Wildman–Crippen LogP) is 1.82. The summed E-state index contributed by atoms with van der Waals surface area (Å²) in [6.07, 6.45) is 0.254. The molecule has 0 saturated heterocycles. The van der Waals surface area contributed by atoms with E-state index in [0.29, 0.717) is 13.2 Å². The molecule has 1 amide bonds. The first-order chi connectivity index (χ1) is 6.87. The van der Waals surface area contributed by atoms with E-state index in [0.717, 1.165) is 11.5 Å². The normalized spacial score (nSPS) is 11.3. The monoisotopic (exact) mass is 219 g/mol. The summed E-state index contributed by atoms with van der Waals surface area (Å²) < 4.78 is 9.94. The highest BCUT2D eigenvalue weighted by Gasteiger charge is 2.19. The predicted molar refractivity (Wildman–Crippen MR) is 56.4 cm³/mol. The van der Waals surface area contributed by atoms with Crippen molar-refractivity contribution in [3.63, 3.8) is 0 Å². The molecular formula is C10H21NO4. The number of hydrogen-bond acceptors (Lipinski definition) is 4. The van der Waals surface area contributed by atoms with Gasteiger partial charge in [0.25, 0.3) is 0 Å². The Balaban J connectivity index is 3.70. The first-order valence-corrected chi connectivity index (χ1v) is 4.95. The van der Waals surface area contributed by atoms with Crippen LogP contribution < -0.4 is 0 Å². The van der Waals surface area contributed by atoms with Crippen molar-refractivity contribution in [1.82, 2.24) is 5.06 Å². The molecule has 0 aliphatic heterocycles. The molecule has 0 aromatic rings. The van der Waals surface area contributed by atoms with Crippen LogP contribution in [-0.4, -0.2) is 44.1 Å². The lowest BCUT2D eigenvalue weighted by Gasteiger charge is -2.23. The molecule has 0 radical (unpaired) electrons. The Hall–Kier alpha value is -0.810. The second-order valence-electron chi connectivity index (χ2n) is 4.16. The maximum atomic E-state index is 11.4. The van der Waals surface area contributed by atoms with Crippen LogP contribution in [0.25, 0.3) is 0 Å². The van der Waals surface area contributed by atoms with Gasteiger partial charge >= 0.3 is 6.09 Å². The van der Waals surface area contributed by atoms with Crippen LogP contribution in [0.3, 0.4) is 0 Å². The average Bonchev–Trinajstić information content (AvgIpc) is 2.09. The van der Waals surface area contributed by atoms with E-state index in [1.807, 2.05) is 20.8 Å². The highest BCUT2D eigenvalue weighted by atomic mass is 16.7. The van der Waals surface area contributed by atoms with Crippen LogP contribution in [0.5, 0.6) is 0 Å². The molecule has 0 aliphatic carbocycles. The molecule has 0 aliphatic rings. The molecule has 90 valence electrons. The summed E-state index contributed by atoms with van der Waals surface area (Å²) in [4.78, 5) is 16.5. The van der Waals surface area contributed by atoms with E-state index in [2.05, 4.69) is 0 Å². The Bertz CT molecular complexity index is 188. The number of amides is 1. The van der Waals surface area contributed by atoms with Gasteiger partial charge in [0.05, 0.1) is 6.61 Å². The lowest BCUT2D eigenvalue weighted by Crippen LogP contribution is -2.34. The fraction of sp³-hybridized carbons (Fsp3) is 0.900. The first kappa shape index (κ1) is 14.2. The van der Waals surface area contributed by atoms with Crippen molar-refractivity contribution in [3.8, 4) is 0 Å². The fourth-order valence-corrected chi connectivity index (χ4v) is 0.784. The standard InChI is InChI=1S/C10H21NO4/c1-10(2,3)15-9(12)11(4)14-8-6-7-13-5/h6-8H2,1-5H3. The molecule has 0 atom stereocenters. The van der Waals surface area contributed by atoms with Gasteiger partial charge in [-0.2, -0.15) is 5.06 Å². The lowest BCUT2D eigenvalue weighted by molar-refractivity contribution is -0.133. The third-order valence-electron chi connectivity index (χ3n) is 1.43. The van der Waals surface area contributed by atoms with E-state index >= 15 is 0 Å². The summed E-state index contributed by atoms with van der Waals surface area (Å²) in [6, 6.07) is 0. The minimum atomic E-state index is -0.499. The van der Waals surface area contributed by atoms with Gasteiger partial charge in [0, 0.05) is 20.8 Å². The molecule has 0 bridgehead atoms. The van der Waals surface area contributed by atoms with Gasteiger partial charge < -0.3 is 9.47 Å². The number of ether oxygens (including phenoxy) is 2. The number of hydroxylamine groups is 2. The zero-order chi connectivity index (χ0) is 11.9. The van der Waals surface area contributed by atoms with Gasteiger partial charge in [-0.25, -0.2) is 4.79 Å². The van der Waals surface area contributed by atoms with Crippen LogP contribution >= 0.6 is 0 Å². The largest absolute Gasteiger partial charge is 0.442 e. The highest BCUT2D eigenvalue weighted by molar-refractivity contribution is 5.66. The number of nitrogens with zero attached hydrogens (tertiary/aromatic N) is 1. The van der Waals surface area contributed by atoms with Gasteiger partial charge in [0.15, 0.2) is 0 Å². The molecule has 0 spiro atoms. The van der Waals surface area contributed by atoms with E-state index in [9.17, 15) is 4.79 Å². The van der Waals surface area contributed by atoms with Crippen molar-refractivity contribution in [2.24, 2.45) is 0 Å². The summed E-state index contributed by atoms with van der Waals surface area (Å²) in [6.45, 7) is 6.47. The molecule has 0 aromatic heterocycles. The van der Waals surface area contributed by atoms with E-state index in [-0.39, 0.29) is 0 Å². The molecule has 0 heterocycles. The van der Waals surface area contributed by atoms with Crippen molar-refractivity contribution in [2.45, 2.75) is 32.8 Å². The average molecular weight is 219 g/mol. The van der Waals surface area contributed by atoms with Gasteiger partial charge in [-0.15, -0.1) is 0 Å². The second-order valence-corrected chi connectivity index (χ2v) is 4.16. The quantitative estimate of drug-likeness (QED) is 0.522. The summed E-state index contributed by atoms with van der Waals surface area (Å²) >= 11 is 0. The molecule has 0 saturated carbocycles. The maximum absolute atomic E-state index is 11.4. The van der Waals surface area contributed by atoms with Crippen molar-refractivity contribution < 1.29 is 19.1 Å². The molecule has 0 unspecified atom stereocenters. The molecule has 0 aromatic carbocycles. The van der Waals surface area contributed by atoms with E-state index < -0.39 is 11.7 Å². The first-order valence-electron chi connectivity index (χ1n) is 4.95. The molecule has 0 fully saturated rings. The Morgan fingerprint density at radius 2 is 1.87 bits per heavy atom. The number of methoxy groups -OCH3 is 1. The third-order valence-corrected chi connectivity index (χ3v) is 1.43. The molecule has 0 N–H and O–H groups in total. The third kappa shape index (κ3) is 8.20. The topological polar surface area (TPSA) is 48.0 Å². The minimum absolute atomic E-state index is 0.434. The molecular weight excluding hydrogens is 198 g/mol. The Morgan fingerprint density at radius 1 is 1.27 bits per heavy atom. The van der Waals surface area contributed by atoms with Crippen LogP contribution in [0.2, 0.25) is 0 Å². The number of hydrogen-bond donors (Lipinski definition) is 0. The van der Waals surface area contributed by atoms with Crippen molar-refractivity contribution in [3.05, 3.63) is 0 Å². The van der Waals surface area contributed by atoms with Crippen LogP contribution in [0.1, 0.15) is 27.2 Å². The van der Waals surface area contributed by atoms with Crippen molar-refractivity contribution >= 4 is 6.09 Å². The Kier molecular flexibility index (Phi) is 6.27.